The van der Waals surface area contributed by atoms with Crippen LogP contribution in [0, 0.1) is 16.0 Å². The number of benzene rings is 1. The zero-order valence-electron chi connectivity index (χ0n) is 9.23. The highest BCUT2D eigenvalue weighted by Gasteiger charge is 2.31. The molecule has 0 radical (unpaired) electrons. The van der Waals surface area contributed by atoms with Crippen LogP contribution in [0.2, 0.25) is 5.02 Å². The lowest BCUT2D eigenvalue weighted by Gasteiger charge is -2.17. The van der Waals surface area contributed by atoms with E-state index in [4.69, 9.17) is 17.3 Å². The van der Waals surface area contributed by atoms with Gasteiger partial charge < -0.3 is 11.1 Å². The number of nitro benzene ring substituents is 1. The largest absolute Gasteiger partial charge is 0.375 e. The molecular weight excluding hydrogens is 242 g/mol. The molecule has 6 heteroatoms. The number of hydrogen-bond donors (Lipinski definition) is 2. The fraction of sp³-hybridized carbons (Fsp3) is 0.455. The van der Waals surface area contributed by atoms with Crippen molar-refractivity contribution in [3.05, 3.63) is 33.3 Å². The predicted octanol–water partition coefficient (Wildman–Crippen LogP) is 2.40. The molecule has 0 aromatic heterocycles. The second-order valence-electron chi connectivity index (χ2n) is 4.22. The Morgan fingerprint density at radius 2 is 2.29 bits per heavy atom. The van der Waals surface area contributed by atoms with Crippen molar-refractivity contribution < 1.29 is 4.92 Å². The van der Waals surface area contributed by atoms with Gasteiger partial charge in [-0.15, -0.1) is 0 Å². The number of para-hydroxylation sites is 1. The van der Waals surface area contributed by atoms with E-state index in [1.54, 1.807) is 12.1 Å². The second kappa shape index (κ2) is 4.89. The Hall–Kier alpha value is -1.33. The summed E-state index contributed by atoms with van der Waals surface area (Å²) in [5.41, 5.74) is 6.03. The molecule has 0 saturated heterocycles. The van der Waals surface area contributed by atoms with E-state index in [0.29, 0.717) is 18.2 Å². The van der Waals surface area contributed by atoms with E-state index < -0.39 is 4.92 Å². The summed E-state index contributed by atoms with van der Waals surface area (Å²) in [6, 6.07) is 4.96. The van der Waals surface area contributed by atoms with E-state index in [2.05, 4.69) is 5.32 Å². The van der Waals surface area contributed by atoms with Gasteiger partial charge in [-0.2, -0.15) is 0 Å². The predicted molar refractivity (Wildman–Crippen MR) is 67.3 cm³/mol. The highest BCUT2D eigenvalue weighted by molar-refractivity contribution is 6.33. The molecule has 0 bridgehead atoms. The van der Waals surface area contributed by atoms with Crippen LogP contribution in [-0.2, 0) is 0 Å². The summed E-state index contributed by atoms with van der Waals surface area (Å²) < 4.78 is 0. The number of halogens is 1. The maximum Gasteiger partial charge on any atom is 0.310 e. The molecule has 1 saturated carbocycles. The molecule has 0 heterocycles. The van der Waals surface area contributed by atoms with Gasteiger partial charge in [-0.3, -0.25) is 10.1 Å². The molecule has 1 fully saturated rings. The molecule has 2 rings (SSSR count). The quantitative estimate of drug-likeness (QED) is 0.625. The first kappa shape index (κ1) is 12.1. The third kappa shape index (κ3) is 2.68. The molecule has 0 spiro atoms. The standard InChI is InChI=1S/C11H14ClN3O2/c12-8-2-1-3-9(11(8)15(16)17)14-10(6-13)7-4-5-7/h1-3,7,10,14H,4-6,13H2. The number of nitrogens with zero attached hydrogens (tertiary/aromatic N) is 1. The molecule has 17 heavy (non-hydrogen) atoms. The molecule has 1 unspecified atom stereocenters. The highest BCUT2D eigenvalue weighted by atomic mass is 35.5. The van der Waals surface area contributed by atoms with Crippen molar-refractivity contribution >= 4 is 23.0 Å². The smallest absolute Gasteiger partial charge is 0.310 e. The molecule has 1 aliphatic rings. The first-order chi connectivity index (χ1) is 8.13. The fourth-order valence-corrected chi connectivity index (χ4v) is 2.13. The van der Waals surface area contributed by atoms with Crippen molar-refractivity contribution in [1.29, 1.82) is 0 Å². The summed E-state index contributed by atoms with van der Waals surface area (Å²) >= 11 is 5.83. The van der Waals surface area contributed by atoms with E-state index in [9.17, 15) is 10.1 Å². The number of nitrogens with two attached hydrogens (primary N) is 1. The lowest BCUT2D eigenvalue weighted by atomic mass is 10.1. The first-order valence-electron chi connectivity index (χ1n) is 5.53. The van der Waals surface area contributed by atoms with Crippen molar-refractivity contribution in [1.82, 2.24) is 0 Å². The van der Waals surface area contributed by atoms with Gasteiger partial charge in [0.25, 0.3) is 0 Å². The van der Waals surface area contributed by atoms with Crippen LogP contribution in [0.4, 0.5) is 11.4 Å². The monoisotopic (exact) mass is 255 g/mol. The molecule has 0 amide bonds. The summed E-state index contributed by atoms with van der Waals surface area (Å²) in [6.45, 7) is 0.467. The highest BCUT2D eigenvalue weighted by Crippen LogP contribution is 2.37. The van der Waals surface area contributed by atoms with Crippen LogP contribution in [0.3, 0.4) is 0 Å². The summed E-state index contributed by atoms with van der Waals surface area (Å²) in [4.78, 5) is 10.5. The van der Waals surface area contributed by atoms with Crippen LogP contribution < -0.4 is 11.1 Å². The SMILES string of the molecule is NCC(Nc1cccc(Cl)c1[N+](=O)[O-])C1CC1. The van der Waals surface area contributed by atoms with Crippen molar-refractivity contribution in [3.8, 4) is 0 Å². The van der Waals surface area contributed by atoms with Crippen molar-refractivity contribution in [2.24, 2.45) is 11.7 Å². The number of nitrogens with one attached hydrogen (secondary N) is 1. The van der Waals surface area contributed by atoms with E-state index in [1.165, 1.54) is 6.07 Å². The lowest BCUT2D eigenvalue weighted by molar-refractivity contribution is -0.383. The Morgan fingerprint density at radius 1 is 1.59 bits per heavy atom. The minimum Gasteiger partial charge on any atom is -0.375 e. The van der Waals surface area contributed by atoms with Crippen molar-refractivity contribution in [3.63, 3.8) is 0 Å². The van der Waals surface area contributed by atoms with Gasteiger partial charge in [0.1, 0.15) is 10.7 Å². The zero-order chi connectivity index (χ0) is 12.4. The molecule has 0 aliphatic heterocycles. The van der Waals surface area contributed by atoms with Crippen LogP contribution in [0.1, 0.15) is 12.8 Å². The van der Waals surface area contributed by atoms with Crippen molar-refractivity contribution in [2.75, 3.05) is 11.9 Å². The fourth-order valence-electron chi connectivity index (χ4n) is 1.88. The normalized spacial score (nSPS) is 16.6. The van der Waals surface area contributed by atoms with Crippen LogP contribution >= 0.6 is 11.6 Å². The van der Waals surface area contributed by atoms with Gasteiger partial charge in [-0.05, 0) is 30.9 Å². The van der Waals surface area contributed by atoms with E-state index in [1.807, 2.05) is 0 Å². The first-order valence-corrected chi connectivity index (χ1v) is 5.90. The van der Waals surface area contributed by atoms with Gasteiger partial charge >= 0.3 is 5.69 Å². The number of hydrogen-bond acceptors (Lipinski definition) is 4. The van der Waals surface area contributed by atoms with E-state index in [0.717, 1.165) is 12.8 Å². The van der Waals surface area contributed by atoms with E-state index >= 15 is 0 Å². The Labute approximate surface area is 104 Å². The average molecular weight is 256 g/mol. The van der Waals surface area contributed by atoms with Crippen LogP contribution in [0.15, 0.2) is 18.2 Å². The minimum absolute atomic E-state index is 0.0757. The van der Waals surface area contributed by atoms with Gasteiger partial charge in [0.2, 0.25) is 0 Å². The Bertz CT molecular complexity index is 435. The van der Waals surface area contributed by atoms with Gasteiger partial charge in [-0.1, -0.05) is 17.7 Å². The summed E-state index contributed by atoms with van der Waals surface area (Å²) in [6.07, 6.45) is 2.26. The Balaban J connectivity index is 2.24. The molecular formula is C11H14ClN3O2. The number of rotatable bonds is 5. The maximum absolute atomic E-state index is 10.9. The molecule has 5 nitrogen and oxygen atoms in total. The summed E-state index contributed by atoms with van der Waals surface area (Å²) in [5, 5.41) is 14.2. The maximum atomic E-state index is 10.9. The molecule has 1 aliphatic carbocycles. The van der Waals surface area contributed by atoms with Crippen LogP contribution in [0.25, 0.3) is 0 Å². The molecule has 1 aromatic rings. The third-order valence-electron chi connectivity index (χ3n) is 2.96. The van der Waals surface area contributed by atoms with Gasteiger partial charge in [-0.25, -0.2) is 0 Å². The molecule has 3 N–H and O–H groups in total. The van der Waals surface area contributed by atoms with Crippen LogP contribution in [0.5, 0.6) is 0 Å². The summed E-state index contributed by atoms with van der Waals surface area (Å²) in [7, 11) is 0. The van der Waals surface area contributed by atoms with Gasteiger partial charge in [0.15, 0.2) is 0 Å². The third-order valence-corrected chi connectivity index (χ3v) is 3.26. The van der Waals surface area contributed by atoms with Crippen molar-refractivity contribution in [2.45, 2.75) is 18.9 Å². The lowest BCUT2D eigenvalue weighted by Crippen LogP contribution is -2.31. The topological polar surface area (TPSA) is 81.2 Å². The number of anilines is 1. The molecule has 1 aromatic carbocycles. The van der Waals surface area contributed by atoms with E-state index in [-0.39, 0.29) is 16.8 Å². The van der Waals surface area contributed by atoms with Crippen LogP contribution in [-0.4, -0.2) is 17.5 Å². The Morgan fingerprint density at radius 3 is 2.82 bits per heavy atom. The molecule has 92 valence electrons. The van der Waals surface area contributed by atoms with Gasteiger partial charge in [0, 0.05) is 12.6 Å². The molecule has 1 atom stereocenters. The number of nitro groups is 1. The average Bonchev–Trinajstić information content (AvgIpc) is 3.09. The summed E-state index contributed by atoms with van der Waals surface area (Å²) in [5.74, 6) is 0.526. The Kier molecular flexibility index (Phi) is 3.49. The zero-order valence-corrected chi connectivity index (χ0v) is 9.98. The van der Waals surface area contributed by atoms with Gasteiger partial charge in [0.05, 0.1) is 4.92 Å². The minimum atomic E-state index is -0.467. The second-order valence-corrected chi connectivity index (χ2v) is 4.62.